The molecule has 1 aromatic rings. The molecule has 0 aliphatic rings. The van der Waals surface area contributed by atoms with E-state index in [2.05, 4.69) is 9.47 Å². The van der Waals surface area contributed by atoms with Crippen molar-refractivity contribution < 1.29 is 28.6 Å². The Balaban J connectivity index is 3.04. The van der Waals surface area contributed by atoms with Gasteiger partial charge in [-0.05, 0) is 12.1 Å². The molecule has 0 fully saturated rings. The number of rotatable bonds is 4. The molecular weight excluding hydrogens is 228 g/mol. The van der Waals surface area contributed by atoms with Gasteiger partial charge < -0.3 is 19.0 Å². The fourth-order valence-corrected chi connectivity index (χ4v) is 1.12. The lowest BCUT2D eigenvalue weighted by molar-refractivity contribution is -0.143. The molecule has 17 heavy (non-hydrogen) atoms. The van der Waals surface area contributed by atoms with Crippen molar-refractivity contribution in [3.8, 4) is 0 Å². The van der Waals surface area contributed by atoms with Gasteiger partial charge in [0.1, 0.15) is 23.7 Å². The highest BCUT2D eigenvalue weighted by atomic mass is 16.5. The summed E-state index contributed by atoms with van der Waals surface area (Å²) in [6.45, 7) is -0.264. The highest BCUT2D eigenvalue weighted by Gasteiger charge is 2.20. The minimum Gasteiger partial charge on any atom is -0.465 e. The van der Waals surface area contributed by atoms with E-state index in [0.29, 0.717) is 5.76 Å². The first-order chi connectivity index (χ1) is 8.12. The summed E-state index contributed by atoms with van der Waals surface area (Å²) in [5, 5.41) is 8.80. The van der Waals surface area contributed by atoms with Crippen molar-refractivity contribution in [1.82, 2.24) is 0 Å². The predicted octanol–water partition coefficient (Wildman–Crippen LogP) is 0.501. The highest BCUT2D eigenvalue weighted by Crippen LogP contribution is 2.13. The Morgan fingerprint density at radius 3 is 2.29 bits per heavy atom. The van der Waals surface area contributed by atoms with Gasteiger partial charge in [0.15, 0.2) is 0 Å². The summed E-state index contributed by atoms with van der Waals surface area (Å²) in [5.74, 6) is -1.07. The van der Waals surface area contributed by atoms with Crippen molar-refractivity contribution in [1.29, 1.82) is 0 Å². The Kier molecular flexibility index (Phi) is 4.47. The smallest absolute Gasteiger partial charge is 0.345 e. The second-order valence-corrected chi connectivity index (χ2v) is 3.00. The number of aliphatic hydroxyl groups is 1. The van der Waals surface area contributed by atoms with Crippen LogP contribution in [0.3, 0.4) is 0 Å². The summed E-state index contributed by atoms with van der Waals surface area (Å²) in [4.78, 5) is 22.6. The number of esters is 2. The number of ether oxygens (including phenoxy) is 2. The zero-order chi connectivity index (χ0) is 12.8. The van der Waals surface area contributed by atoms with Crippen molar-refractivity contribution >= 4 is 18.0 Å². The molecule has 6 heteroatoms. The standard InChI is InChI=1S/C11H12O6/c1-15-10(13)9(11(14)16-2)5-7-3-4-8(6-12)17-7/h3-5,12H,6H2,1-2H3. The summed E-state index contributed by atoms with van der Waals surface area (Å²) in [6, 6.07) is 3.04. The Morgan fingerprint density at radius 2 is 1.88 bits per heavy atom. The third-order valence-corrected chi connectivity index (χ3v) is 1.94. The van der Waals surface area contributed by atoms with Crippen molar-refractivity contribution in [2.24, 2.45) is 0 Å². The number of furan rings is 1. The predicted molar refractivity (Wildman–Crippen MR) is 56.6 cm³/mol. The van der Waals surface area contributed by atoms with Crippen LogP contribution in [0.2, 0.25) is 0 Å². The fraction of sp³-hybridized carbons (Fsp3) is 0.273. The largest absolute Gasteiger partial charge is 0.465 e. The van der Waals surface area contributed by atoms with Crippen LogP contribution in [0.15, 0.2) is 22.1 Å². The molecule has 0 atom stereocenters. The van der Waals surface area contributed by atoms with Crippen molar-refractivity contribution in [2.75, 3.05) is 14.2 Å². The Bertz CT molecular complexity index is 425. The third kappa shape index (κ3) is 3.18. The molecule has 0 aromatic carbocycles. The number of hydrogen-bond donors (Lipinski definition) is 1. The zero-order valence-electron chi connectivity index (χ0n) is 9.43. The normalized spacial score (nSPS) is 9.59. The van der Waals surface area contributed by atoms with E-state index in [4.69, 9.17) is 9.52 Å². The van der Waals surface area contributed by atoms with E-state index in [9.17, 15) is 9.59 Å². The summed E-state index contributed by atoms with van der Waals surface area (Å²) < 4.78 is 14.0. The first-order valence-electron chi connectivity index (χ1n) is 4.70. The van der Waals surface area contributed by atoms with E-state index in [-0.39, 0.29) is 17.9 Å². The maximum absolute atomic E-state index is 11.3. The topological polar surface area (TPSA) is 86.0 Å². The summed E-state index contributed by atoms with van der Waals surface area (Å²) in [5.41, 5.74) is -0.283. The van der Waals surface area contributed by atoms with Crippen LogP contribution >= 0.6 is 0 Å². The van der Waals surface area contributed by atoms with E-state index < -0.39 is 11.9 Å². The van der Waals surface area contributed by atoms with Gasteiger partial charge in [-0.1, -0.05) is 0 Å². The minimum absolute atomic E-state index is 0.250. The zero-order valence-corrected chi connectivity index (χ0v) is 9.43. The average Bonchev–Trinajstić information content (AvgIpc) is 2.81. The monoisotopic (exact) mass is 240 g/mol. The minimum atomic E-state index is -0.821. The first-order valence-corrected chi connectivity index (χ1v) is 4.70. The maximum atomic E-state index is 11.3. The third-order valence-electron chi connectivity index (χ3n) is 1.94. The molecule has 1 N–H and O–H groups in total. The molecule has 0 bridgehead atoms. The van der Waals surface area contributed by atoms with E-state index >= 15 is 0 Å². The molecule has 0 radical (unpaired) electrons. The fourth-order valence-electron chi connectivity index (χ4n) is 1.12. The molecule has 0 aliphatic heterocycles. The summed E-state index contributed by atoms with van der Waals surface area (Å²) in [6.07, 6.45) is 1.19. The second-order valence-electron chi connectivity index (χ2n) is 3.00. The number of carbonyl (C=O) groups excluding carboxylic acids is 2. The van der Waals surface area contributed by atoms with Gasteiger partial charge in [-0.15, -0.1) is 0 Å². The summed E-state index contributed by atoms with van der Waals surface area (Å²) in [7, 11) is 2.31. The van der Waals surface area contributed by atoms with Crippen LogP contribution in [0.1, 0.15) is 11.5 Å². The molecule has 0 saturated heterocycles. The average molecular weight is 240 g/mol. The van der Waals surface area contributed by atoms with Crippen molar-refractivity contribution in [3.63, 3.8) is 0 Å². The van der Waals surface area contributed by atoms with E-state index in [1.165, 1.54) is 18.2 Å². The van der Waals surface area contributed by atoms with Gasteiger partial charge >= 0.3 is 11.9 Å². The molecule has 6 nitrogen and oxygen atoms in total. The molecular formula is C11H12O6. The molecule has 1 aromatic heterocycles. The van der Waals surface area contributed by atoms with Crippen LogP contribution in [0.25, 0.3) is 6.08 Å². The Labute approximate surface area is 97.4 Å². The highest BCUT2D eigenvalue weighted by molar-refractivity contribution is 6.17. The van der Waals surface area contributed by atoms with Gasteiger partial charge in [0, 0.05) is 6.08 Å². The number of carbonyl (C=O) groups is 2. The van der Waals surface area contributed by atoms with Gasteiger partial charge in [0.05, 0.1) is 14.2 Å². The molecule has 0 spiro atoms. The molecule has 1 rings (SSSR count). The van der Waals surface area contributed by atoms with Crippen LogP contribution < -0.4 is 0 Å². The molecule has 1 heterocycles. The molecule has 0 saturated carbocycles. The maximum Gasteiger partial charge on any atom is 0.345 e. The van der Waals surface area contributed by atoms with Gasteiger partial charge in [-0.2, -0.15) is 0 Å². The van der Waals surface area contributed by atoms with Crippen molar-refractivity contribution in [3.05, 3.63) is 29.2 Å². The van der Waals surface area contributed by atoms with Gasteiger partial charge in [0.2, 0.25) is 0 Å². The summed E-state index contributed by atoms with van der Waals surface area (Å²) >= 11 is 0. The molecule has 0 aliphatic carbocycles. The van der Waals surface area contributed by atoms with Crippen LogP contribution in [0.4, 0.5) is 0 Å². The lowest BCUT2D eigenvalue weighted by Crippen LogP contribution is -2.15. The quantitative estimate of drug-likeness (QED) is 0.357. The lowest BCUT2D eigenvalue weighted by Gasteiger charge is -2.01. The molecule has 0 amide bonds. The number of hydrogen-bond acceptors (Lipinski definition) is 6. The van der Waals surface area contributed by atoms with Crippen LogP contribution in [-0.4, -0.2) is 31.3 Å². The van der Waals surface area contributed by atoms with E-state index in [1.54, 1.807) is 0 Å². The van der Waals surface area contributed by atoms with Crippen LogP contribution in [-0.2, 0) is 25.7 Å². The Hall–Kier alpha value is -2.08. The van der Waals surface area contributed by atoms with Gasteiger partial charge in [-0.25, -0.2) is 9.59 Å². The van der Waals surface area contributed by atoms with Gasteiger partial charge in [0.25, 0.3) is 0 Å². The van der Waals surface area contributed by atoms with E-state index in [1.807, 2.05) is 0 Å². The second kappa shape index (κ2) is 5.86. The molecule has 92 valence electrons. The lowest BCUT2D eigenvalue weighted by atomic mass is 10.2. The van der Waals surface area contributed by atoms with Crippen LogP contribution in [0, 0.1) is 0 Å². The van der Waals surface area contributed by atoms with E-state index in [0.717, 1.165) is 14.2 Å². The van der Waals surface area contributed by atoms with Crippen molar-refractivity contribution in [2.45, 2.75) is 6.61 Å². The van der Waals surface area contributed by atoms with Gasteiger partial charge in [-0.3, -0.25) is 0 Å². The number of aliphatic hydroxyl groups excluding tert-OH is 1. The molecule has 0 unspecified atom stereocenters. The number of methoxy groups -OCH3 is 2. The Morgan fingerprint density at radius 1 is 1.29 bits per heavy atom. The first kappa shape index (κ1) is 13.0. The van der Waals surface area contributed by atoms with Crippen LogP contribution in [0.5, 0.6) is 0 Å². The SMILES string of the molecule is COC(=O)C(=Cc1ccc(CO)o1)C(=O)OC.